The normalized spacial score (nSPS) is 22.7. The molecule has 54 valence electrons. The van der Waals surface area contributed by atoms with Crippen LogP contribution in [0.1, 0.15) is 20.3 Å². The molecule has 9 heavy (non-hydrogen) atoms. The van der Waals surface area contributed by atoms with Crippen molar-refractivity contribution in [2.45, 2.75) is 20.3 Å². The van der Waals surface area contributed by atoms with Gasteiger partial charge in [0.25, 0.3) is 0 Å². The van der Waals surface area contributed by atoms with Crippen LogP contribution in [-0.2, 0) is 0 Å². The summed E-state index contributed by atoms with van der Waals surface area (Å²) in [7, 11) is 0. The van der Waals surface area contributed by atoms with Crippen LogP contribution in [0.2, 0.25) is 0 Å². The van der Waals surface area contributed by atoms with E-state index in [-0.39, 0.29) is 0 Å². The Hall–Kier alpha value is -0.0800. The van der Waals surface area contributed by atoms with Crippen LogP contribution >= 0.6 is 0 Å². The zero-order chi connectivity index (χ0) is 6.85. The van der Waals surface area contributed by atoms with E-state index in [1.165, 1.54) is 11.5 Å². The molecule has 0 unspecified atom stereocenters. The van der Waals surface area contributed by atoms with Crippen molar-refractivity contribution in [1.29, 1.82) is 0 Å². The zero-order valence-corrected chi connectivity index (χ0v) is 6.17. The Labute approximate surface area is 56.4 Å². The lowest BCUT2D eigenvalue weighted by molar-refractivity contribution is -0.170. The van der Waals surface area contributed by atoms with Gasteiger partial charge in [-0.05, 0) is 18.3 Å². The molecule has 1 aliphatic rings. The number of hydrogen-bond donors (Lipinski definition) is 1. The van der Waals surface area contributed by atoms with E-state index in [1.807, 2.05) is 0 Å². The summed E-state index contributed by atoms with van der Waals surface area (Å²) < 4.78 is 0. The Morgan fingerprint density at radius 2 is 2.11 bits per heavy atom. The molecule has 0 aromatic rings. The predicted octanol–water partition coefficient (Wildman–Crippen LogP) is 1.35. The SMILES string of the molecule is CC(C)CC1CN(O)C1. The summed E-state index contributed by atoms with van der Waals surface area (Å²) >= 11 is 0. The third kappa shape index (κ3) is 1.95. The summed E-state index contributed by atoms with van der Waals surface area (Å²) in [6.45, 7) is 6.22. The van der Waals surface area contributed by atoms with E-state index in [0.717, 1.165) is 24.9 Å². The molecule has 0 aromatic carbocycles. The van der Waals surface area contributed by atoms with Crippen LogP contribution in [0.4, 0.5) is 0 Å². The Bertz CT molecular complexity index is 86.9. The van der Waals surface area contributed by atoms with Crippen molar-refractivity contribution in [3.05, 3.63) is 0 Å². The Kier molecular flexibility index (Phi) is 2.09. The van der Waals surface area contributed by atoms with Gasteiger partial charge in [-0.2, -0.15) is 5.06 Å². The molecule has 2 heteroatoms. The maximum Gasteiger partial charge on any atom is 0.0279 e. The molecular weight excluding hydrogens is 114 g/mol. The van der Waals surface area contributed by atoms with Crippen molar-refractivity contribution in [1.82, 2.24) is 5.06 Å². The van der Waals surface area contributed by atoms with Crippen LogP contribution in [0, 0.1) is 11.8 Å². The zero-order valence-electron chi connectivity index (χ0n) is 6.17. The second-order valence-electron chi connectivity index (χ2n) is 3.37. The van der Waals surface area contributed by atoms with Crippen molar-refractivity contribution in [3.8, 4) is 0 Å². The quantitative estimate of drug-likeness (QED) is 0.608. The molecule has 0 spiro atoms. The molecule has 0 aliphatic carbocycles. The first-order valence-electron chi connectivity index (χ1n) is 3.62. The first-order valence-corrected chi connectivity index (χ1v) is 3.62. The molecule has 0 aromatic heterocycles. The lowest BCUT2D eigenvalue weighted by atomic mass is 9.92. The maximum atomic E-state index is 8.76. The molecular formula is C7H15NO. The Morgan fingerprint density at radius 1 is 1.56 bits per heavy atom. The molecule has 1 fully saturated rings. The number of rotatable bonds is 2. The van der Waals surface area contributed by atoms with E-state index < -0.39 is 0 Å². The van der Waals surface area contributed by atoms with E-state index in [2.05, 4.69) is 13.8 Å². The molecule has 1 aliphatic heterocycles. The minimum atomic E-state index is 0.759. The maximum absolute atomic E-state index is 8.76. The highest BCUT2D eigenvalue weighted by atomic mass is 16.5. The molecule has 0 saturated carbocycles. The van der Waals surface area contributed by atoms with Crippen LogP contribution in [0.5, 0.6) is 0 Å². The van der Waals surface area contributed by atoms with Crippen molar-refractivity contribution >= 4 is 0 Å². The third-order valence-corrected chi connectivity index (χ3v) is 1.74. The second-order valence-corrected chi connectivity index (χ2v) is 3.37. The van der Waals surface area contributed by atoms with E-state index in [0.29, 0.717) is 0 Å². The number of hydroxylamine groups is 2. The second kappa shape index (κ2) is 2.67. The number of hydrogen-bond acceptors (Lipinski definition) is 2. The van der Waals surface area contributed by atoms with E-state index >= 15 is 0 Å². The first-order chi connectivity index (χ1) is 4.18. The molecule has 1 N–H and O–H groups in total. The van der Waals surface area contributed by atoms with Crippen molar-refractivity contribution < 1.29 is 5.21 Å². The van der Waals surface area contributed by atoms with Crippen LogP contribution in [0.25, 0.3) is 0 Å². The Morgan fingerprint density at radius 3 is 2.44 bits per heavy atom. The highest BCUT2D eigenvalue weighted by molar-refractivity contribution is 4.74. The summed E-state index contributed by atoms with van der Waals surface area (Å²) in [5.74, 6) is 1.54. The van der Waals surface area contributed by atoms with Gasteiger partial charge < -0.3 is 5.21 Å². The average Bonchev–Trinajstić information content (AvgIpc) is 1.60. The molecule has 0 radical (unpaired) electrons. The molecule has 0 amide bonds. The molecule has 0 bridgehead atoms. The molecule has 2 nitrogen and oxygen atoms in total. The summed E-state index contributed by atoms with van der Waals surface area (Å²) in [6.07, 6.45) is 1.26. The molecule has 1 saturated heterocycles. The monoisotopic (exact) mass is 129 g/mol. The lowest BCUT2D eigenvalue weighted by Crippen LogP contribution is -2.44. The standard InChI is InChI=1S/C7H15NO/c1-6(2)3-7-4-8(9)5-7/h6-7,9H,3-5H2,1-2H3. The van der Waals surface area contributed by atoms with Gasteiger partial charge in [0.2, 0.25) is 0 Å². The largest absolute Gasteiger partial charge is 0.314 e. The van der Waals surface area contributed by atoms with Gasteiger partial charge >= 0.3 is 0 Å². The van der Waals surface area contributed by atoms with E-state index in [9.17, 15) is 0 Å². The fourth-order valence-corrected chi connectivity index (χ4v) is 1.36. The first kappa shape index (κ1) is 7.03. The fourth-order valence-electron chi connectivity index (χ4n) is 1.36. The van der Waals surface area contributed by atoms with Crippen molar-refractivity contribution in [2.75, 3.05) is 13.1 Å². The van der Waals surface area contributed by atoms with Gasteiger partial charge in [-0.1, -0.05) is 13.8 Å². The van der Waals surface area contributed by atoms with Gasteiger partial charge in [-0.15, -0.1) is 0 Å². The molecule has 0 atom stereocenters. The summed E-state index contributed by atoms with van der Waals surface area (Å²) in [5, 5.41) is 10.1. The average molecular weight is 129 g/mol. The minimum absolute atomic E-state index is 0.759. The van der Waals surface area contributed by atoms with Gasteiger partial charge in [0.1, 0.15) is 0 Å². The summed E-state index contributed by atoms with van der Waals surface area (Å²) in [6, 6.07) is 0. The Balaban J connectivity index is 2.04. The smallest absolute Gasteiger partial charge is 0.0279 e. The van der Waals surface area contributed by atoms with Gasteiger partial charge in [-0.3, -0.25) is 0 Å². The minimum Gasteiger partial charge on any atom is -0.314 e. The van der Waals surface area contributed by atoms with E-state index in [1.54, 1.807) is 0 Å². The molecule has 1 heterocycles. The highest BCUT2D eigenvalue weighted by Gasteiger charge is 2.25. The third-order valence-electron chi connectivity index (χ3n) is 1.74. The number of nitrogens with zero attached hydrogens (tertiary/aromatic N) is 1. The van der Waals surface area contributed by atoms with Gasteiger partial charge in [0.15, 0.2) is 0 Å². The van der Waals surface area contributed by atoms with Crippen LogP contribution in [-0.4, -0.2) is 23.4 Å². The lowest BCUT2D eigenvalue weighted by Gasteiger charge is -2.34. The van der Waals surface area contributed by atoms with Gasteiger partial charge in [0, 0.05) is 13.1 Å². The van der Waals surface area contributed by atoms with E-state index in [4.69, 9.17) is 5.21 Å². The van der Waals surface area contributed by atoms with Gasteiger partial charge in [0.05, 0.1) is 0 Å². The van der Waals surface area contributed by atoms with Crippen LogP contribution in [0.3, 0.4) is 0 Å². The van der Waals surface area contributed by atoms with Crippen molar-refractivity contribution in [3.63, 3.8) is 0 Å². The van der Waals surface area contributed by atoms with Gasteiger partial charge in [-0.25, -0.2) is 0 Å². The van der Waals surface area contributed by atoms with Crippen molar-refractivity contribution in [2.24, 2.45) is 11.8 Å². The van der Waals surface area contributed by atoms with Crippen LogP contribution in [0.15, 0.2) is 0 Å². The summed E-state index contributed by atoms with van der Waals surface area (Å²) in [5.41, 5.74) is 0. The predicted molar refractivity (Wildman–Crippen MR) is 36.3 cm³/mol. The highest BCUT2D eigenvalue weighted by Crippen LogP contribution is 2.20. The molecule has 1 rings (SSSR count). The van der Waals surface area contributed by atoms with Crippen LogP contribution < -0.4 is 0 Å². The summed E-state index contributed by atoms with van der Waals surface area (Å²) in [4.78, 5) is 0. The fraction of sp³-hybridized carbons (Fsp3) is 1.00. The topological polar surface area (TPSA) is 23.5 Å².